The van der Waals surface area contributed by atoms with Crippen molar-refractivity contribution in [1.82, 2.24) is 0 Å². The van der Waals surface area contributed by atoms with E-state index in [0.29, 0.717) is 5.57 Å². The summed E-state index contributed by atoms with van der Waals surface area (Å²) < 4.78 is 4.75. The average molecular weight is 245 g/mol. The Kier molecular flexibility index (Phi) is 4.03. The van der Waals surface area contributed by atoms with Crippen LogP contribution in [0.4, 0.5) is 5.69 Å². The molecule has 1 aliphatic rings. The van der Waals surface area contributed by atoms with E-state index in [2.05, 4.69) is 17.5 Å². The van der Waals surface area contributed by atoms with Crippen molar-refractivity contribution in [3.05, 3.63) is 36.4 Å². The van der Waals surface area contributed by atoms with Crippen LogP contribution in [0.15, 0.2) is 30.8 Å². The van der Waals surface area contributed by atoms with Crippen LogP contribution in [0, 0.1) is 0 Å². The van der Waals surface area contributed by atoms with Gasteiger partial charge in [-0.15, -0.1) is 0 Å². The highest BCUT2D eigenvalue weighted by atomic mass is 16.5. The van der Waals surface area contributed by atoms with Crippen LogP contribution in [-0.4, -0.2) is 26.2 Å². The van der Waals surface area contributed by atoms with Gasteiger partial charge in [-0.25, -0.2) is 4.79 Å². The molecule has 0 unspecified atom stereocenters. The maximum atomic E-state index is 11.6. The van der Waals surface area contributed by atoms with E-state index in [1.165, 1.54) is 26.4 Å². The molecule has 0 radical (unpaired) electrons. The van der Waals surface area contributed by atoms with E-state index < -0.39 is 0 Å². The zero-order chi connectivity index (χ0) is 13.0. The van der Waals surface area contributed by atoms with E-state index in [1.807, 2.05) is 18.2 Å². The van der Waals surface area contributed by atoms with Gasteiger partial charge in [-0.1, -0.05) is 24.8 Å². The Hall–Kier alpha value is -1.77. The lowest BCUT2D eigenvalue weighted by Crippen LogP contribution is -2.30. The highest BCUT2D eigenvalue weighted by Gasteiger charge is 2.18. The summed E-state index contributed by atoms with van der Waals surface area (Å²) >= 11 is 0. The fraction of sp³-hybridized carbons (Fsp3) is 0.400. The van der Waals surface area contributed by atoms with Crippen LogP contribution in [0.5, 0.6) is 0 Å². The van der Waals surface area contributed by atoms with E-state index in [9.17, 15) is 4.79 Å². The summed E-state index contributed by atoms with van der Waals surface area (Å²) in [5.74, 6) is -0.362. The van der Waals surface area contributed by atoms with Crippen LogP contribution in [0.25, 0.3) is 5.57 Å². The van der Waals surface area contributed by atoms with E-state index in [4.69, 9.17) is 4.74 Å². The molecular formula is C15H19NO2. The van der Waals surface area contributed by atoms with Gasteiger partial charge in [-0.05, 0) is 25.3 Å². The Labute approximate surface area is 108 Å². The number of hydrogen-bond donors (Lipinski definition) is 0. The summed E-state index contributed by atoms with van der Waals surface area (Å²) in [5.41, 5.74) is 2.40. The van der Waals surface area contributed by atoms with Crippen molar-refractivity contribution in [2.45, 2.75) is 19.3 Å². The van der Waals surface area contributed by atoms with Crippen LogP contribution < -0.4 is 4.90 Å². The number of esters is 1. The summed E-state index contributed by atoms with van der Waals surface area (Å²) in [4.78, 5) is 13.9. The zero-order valence-corrected chi connectivity index (χ0v) is 10.8. The van der Waals surface area contributed by atoms with Crippen molar-refractivity contribution in [1.29, 1.82) is 0 Å². The molecule has 3 nitrogen and oxygen atoms in total. The molecule has 1 aromatic rings. The summed E-state index contributed by atoms with van der Waals surface area (Å²) in [6.07, 6.45) is 3.70. The number of ether oxygens (including phenoxy) is 1. The van der Waals surface area contributed by atoms with Gasteiger partial charge in [0, 0.05) is 24.3 Å². The lowest BCUT2D eigenvalue weighted by atomic mass is 10.0. The summed E-state index contributed by atoms with van der Waals surface area (Å²) in [6.45, 7) is 5.94. The fourth-order valence-electron chi connectivity index (χ4n) is 2.37. The maximum Gasteiger partial charge on any atom is 0.337 e. The molecule has 0 aliphatic carbocycles. The largest absolute Gasteiger partial charge is 0.465 e. The first kappa shape index (κ1) is 12.7. The third-order valence-corrected chi connectivity index (χ3v) is 3.36. The topological polar surface area (TPSA) is 29.5 Å². The minimum Gasteiger partial charge on any atom is -0.465 e. The normalized spacial score (nSPS) is 15.3. The second kappa shape index (κ2) is 5.71. The number of para-hydroxylation sites is 1. The Morgan fingerprint density at radius 3 is 2.56 bits per heavy atom. The highest BCUT2D eigenvalue weighted by molar-refractivity contribution is 6.17. The fourth-order valence-corrected chi connectivity index (χ4v) is 2.37. The monoisotopic (exact) mass is 245 g/mol. The molecule has 1 fully saturated rings. The molecule has 1 aliphatic heterocycles. The van der Waals surface area contributed by atoms with Gasteiger partial charge in [0.25, 0.3) is 0 Å². The van der Waals surface area contributed by atoms with Gasteiger partial charge >= 0.3 is 5.97 Å². The molecule has 1 heterocycles. The van der Waals surface area contributed by atoms with Gasteiger partial charge in [-0.3, -0.25) is 0 Å². The molecule has 3 heteroatoms. The summed E-state index contributed by atoms with van der Waals surface area (Å²) in [6, 6.07) is 7.91. The second-order valence-electron chi connectivity index (χ2n) is 4.53. The molecule has 18 heavy (non-hydrogen) atoms. The smallest absolute Gasteiger partial charge is 0.337 e. The number of anilines is 1. The number of nitrogens with zero attached hydrogens (tertiary/aromatic N) is 1. The van der Waals surface area contributed by atoms with Crippen molar-refractivity contribution in [2.75, 3.05) is 25.1 Å². The van der Waals surface area contributed by atoms with Crippen molar-refractivity contribution in [3.8, 4) is 0 Å². The summed E-state index contributed by atoms with van der Waals surface area (Å²) in [5, 5.41) is 0. The lowest BCUT2D eigenvalue weighted by molar-refractivity contribution is -0.133. The first-order chi connectivity index (χ1) is 8.74. The van der Waals surface area contributed by atoms with Crippen molar-refractivity contribution >= 4 is 17.2 Å². The molecular weight excluding hydrogens is 226 g/mol. The minimum atomic E-state index is -0.362. The Bertz CT molecular complexity index is 448. The standard InChI is InChI=1S/C15H19NO2/c1-12(15(17)18-2)13-8-4-5-9-14(13)16-10-6-3-7-11-16/h4-5,8-9H,1,3,6-7,10-11H2,2H3. The molecule has 1 saturated heterocycles. The lowest BCUT2D eigenvalue weighted by Gasteiger charge is -2.30. The van der Waals surface area contributed by atoms with Crippen molar-refractivity contribution < 1.29 is 9.53 Å². The van der Waals surface area contributed by atoms with Gasteiger partial charge in [-0.2, -0.15) is 0 Å². The molecule has 96 valence electrons. The predicted octanol–water partition coefficient (Wildman–Crippen LogP) is 2.86. The third kappa shape index (κ3) is 2.55. The number of benzene rings is 1. The molecule has 0 amide bonds. The van der Waals surface area contributed by atoms with Crippen molar-refractivity contribution in [2.24, 2.45) is 0 Å². The number of carbonyl (C=O) groups is 1. The molecule has 0 saturated carbocycles. The molecule has 0 atom stereocenters. The van der Waals surface area contributed by atoms with E-state index >= 15 is 0 Å². The Balaban J connectivity index is 2.30. The number of rotatable bonds is 3. The quantitative estimate of drug-likeness (QED) is 0.606. The van der Waals surface area contributed by atoms with Gasteiger partial charge in [0.1, 0.15) is 0 Å². The van der Waals surface area contributed by atoms with Crippen LogP contribution in [0.1, 0.15) is 24.8 Å². The van der Waals surface area contributed by atoms with Gasteiger partial charge in [0.2, 0.25) is 0 Å². The van der Waals surface area contributed by atoms with Gasteiger partial charge in [0.05, 0.1) is 12.7 Å². The van der Waals surface area contributed by atoms with E-state index in [-0.39, 0.29) is 5.97 Å². The second-order valence-corrected chi connectivity index (χ2v) is 4.53. The SMILES string of the molecule is C=C(C(=O)OC)c1ccccc1N1CCCCC1. The number of hydrogen-bond acceptors (Lipinski definition) is 3. The van der Waals surface area contributed by atoms with Gasteiger partial charge < -0.3 is 9.64 Å². The molecule has 0 aromatic heterocycles. The van der Waals surface area contributed by atoms with Crippen LogP contribution in [0.2, 0.25) is 0 Å². The molecule has 0 spiro atoms. The van der Waals surface area contributed by atoms with Crippen LogP contribution in [0.3, 0.4) is 0 Å². The van der Waals surface area contributed by atoms with Crippen molar-refractivity contribution in [3.63, 3.8) is 0 Å². The number of methoxy groups -OCH3 is 1. The first-order valence-corrected chi connectivity index (χ1v) is 6.35. The zero-order valence-electron chi connectivity index (χ0n) is 10.8. The highest BCUT2D eigenvalue weighted by Crippen LogP contribution is 2.29. The van der Waals surface area contributed by atoms with Crippen LogP contribution in [-0.2, 0) is 9.53 Å². The minimum absolute atomic E-state index is 0.362. The predicted molar refractivity (Wildman–Crippen MR) is 73.6 cm³/mol. The molecule has 1 aromatic carbocycles. The van der Waals surface area contributed by atoms with E-state index in [1.54, 1.807) is 0 Å². The first-order valence-electron chi connectivity index (χ1n) is 6.35. The molecule has 2 rings (SSSR count). The average Bonchev–Trinajstić information content (AvgIpc) is 2.46. The third-order valence-electron chi connectivity index (χ3n) is 3.36. The molecule has 0 N–H and O–H groups in total. The Morgan fingerprint density at radius 2 is 1.89 bits per heavy atom. The maximum absolute atomic E-state index is 11.6. The number of piperidine rings is 1. The van der Waals surface area contributed by atoms with Gasteiger partial charge in [0.15, 0.2) is 0 Å². The number of carbonyl (C=O) groups excluding carboxylic acids is 1. The van der Waals surface area contributed by atoms with Crippen LogP contribution >= 0.6 is 0 Å². The Morgan fingerprint density at radius 1 is 1.22 bits per heavy atom. The van der Waals surface area contributed by atoms with E-state index in [0.717, 1.165) is 24.3 Å². The summed E-state index contributed by atoms with van der Waals surface area (Å²) in [7, 11) is 1.39. The molecule has 0 bridgehead atoms.